The van der Waals surface area contributed by atoms with E-state index < -0.39 is 34.8 Å². The van der Waals surface area contributed by atoms with E-state index >= 15 is 0 Å². The van der Waals surface area contributed by atoms with Gasteiger partial charge in [-0.15, -0.1) is 0 Å². The van der Waals surface area contributed by atoms with Crippen molar-refractivity contribution in [2.75, 3.05) is 26.2 Å². The molecule has 2 heterocycles. The number of amides is 2. The van der Waals surface area contributed by atoms with Crippen molar-refractivity contribution in [2.24, 2.45) is 17.3 Å². The van der Waals surface area contributed by atoms with Crippen molar-refractivity contribution >= 4 is 17.8 Å². The van der Waals surface area contributed by atoms with Crippen LogP contribution >= 0.6 is 0 Å². The van der Waals surface area contributed by atoms with Crippen LogP contribution in [0.3, 0.4) is 0 Å². The number of nitrogens with zero attached hydrogens (tertiary/aromatic N) is 2. The molecule has 4 rings (SSSR count). The van der Waals surface area contributed by atoms with Crippen LogP contribution in [0.1, 0.15) is 29.6 Å². The highest BCUT2D eigenvalue weighted by Gasteiger charge is 2.59. The van der Waals surface area contributed by atoms with Crippen LogP contribution in [-0.4, -0.2) is 58.9 Å². The van der Waals surface area contributed by atoms with Gasteiger partial charge in [-0.25, -0.2) is 8.78 Å². The lowest BCUT2D eigenvalue weighted by molar-refractivity contribution is -0.149. The molecule has 3 aliphatic rings. The van der Waals surface area contributed by atoms with Crippen LogP contribution in [0, 0.1) is 28.9 Å². The predicted molar refractivity (Wildman–Crippen MR) is 89.7 cm³/mol. The molecule has 0 radical (unpaired) electrons. The molecule has 2 atom stereocenters. The first-order valence-corrected chi connectivity index (χ1v) is 9.08. The zero-order chi connectivity index (χ0) is 19.3. The van der Waals surface area contributed by atoms with Crippen LogP contribution in [0.25, 0.3) is 0 Å². The summed E-state index contributed by atoms with van der Waals surface area (Å²) in [6, 6.07) is 2.70. The lowest BCUT2D eigenvalue weighted by Crippen LogP contribution is -2.45. The first-order chi connectivity index (χ1) is 12.8. The summed E-state index contributed by atoms with van der Waals surface area (Å²) in [4.78, 5) is 40.1. The number of likely N-dealkylation sites (tertiary alicyclic amines) is 2. The number of carboxylic acid groups (broad SMARTS) is 1. The van der Waals surface area contributed by atoms with Crippen LogP contribution in [0.15, 0.2) is 18.2 Å². The topological polar surface area (TPSA) is 77.9 Å². The largest absolute Gasteiger partial charge is 0.481 e. The van der Waals surface area contributed by atoms with Gasteiger partial charge in [0.05, 0.1) is 5.56 Å². The molecule has 2 saturated heterocycles. The van der Waals surface area contributed by atoms with Crippen molar-refractivity contribution in [1.29, 1.82) is 0 Å². The van der Waals surface area contributed by atoms with Crippen LogP contribution in [0.5, 0.6) is 0 Å². The first-order valence-electron chi connectivity index (χ1n) is 9.08. The minimum Gasteiger partial charge on any atom is -0.481 e. The molecule has 3 fully saturated rings. The Bertz CT molecular complexity index is 826. The smallest absolute Gasteiger partial charge is 0.313 e. The maximum atomic E-state index is 13.9. The summed E-state index contributed by atoms with van der Waals surface area (Å²) in [7, 11) is 0. The van der Waals surface area contributed by atoms with Crippen LogP contribution < -0.4 is 0 Å². The van der Waals surface area contributed by atoms with Crippen molar-refractivity contribution in [3.63, 3.8) is 0 Å². The summed E-state index contributed by atoms with van der Waals surface area (Å²) < 4.78 is 27.0. The first kappa shape index (κ1) is 17.9. The molecular weight excluding hydrogens is 358 g/mol. The highest BCUT2D eigenvalue weighted by Crippen LogP contribution is 2.44. The summed E-state index contributed by atoms with van der Waals surface area (Å²) in [6.07, 6.45) is 2.70. The van der Waals surface area contributed by atoms with E-state index in [0.29, 0.717) is 6.07 Å². The minimum absolute atomic E-state index is 0.00118. The van der Waals surface area contributed by atoms with E-state index in [9.17, 15) is 28.3 Å². The number of hydrogen-bond acceptors (Lipinski definition) is 3. The van der Waals surface area contributed by atoms with Crippen molar-refractivity contribution in [3.05, 3.63) is 35.4 Å². The third kappa shape index (κ3) is 2.78. The molecular formula is C19H20F2N2O4. The van der Waals surface area contributed by atoms with E-state index in [1.54, 1.807) is 4.90 Å². The SMILES string of the molecule is O=C(c1ccc(F)cc1F)N1C[C@@H]2CN(C(=O)C3CCC3)C[C@]2(C(=O)O)C1. The van der Waals surface area contributed by atoms with E-state index in [2.05, 4.69) is 0 Å². The Morgan fingerprint density at radius 1 is 1.07 bits per heavy atom. The molecule has 0 unspecified atom stereocenters. The summed E-state index contributed by atoms with van der Waals surface area (Å²) in [5.41, 5.74) is -1.51. The van der Waals surface area contributed by atoms with Crippen molar-refractivity contribution in [3.8, 4) is 0 Å². The number of carboxylic acids is 1. The molecule has 6 nitrogen and oxygen atoms in total. The van der Waals surface area contributed by atoms with Gasteiger partial charge in [-0.3, -0.25) is 14.4 Å². The van der Waals surface area contributed by atoms with Gasteiger partial charge >= 0.3 is 5.97 Å². The number of fused-ring (bicyclic) bond motifs is 1. The molecule has 1 saturated carbocycles. The lowest BCUT2D eigenvalue weighted by atomic mass is 9.81. The summed E-state index contributed by atoms with van der Waals surface area (Å²) in [6.45, 7) is 0.406. The van der Waals surface area contributed by atoms with Crippen LogP contribution in [0.4, 0.5) is 8.78 Å². The molecule has 1 aromatic rings. The Balaban J connectivity index is 1.53. The average Bonchev–Trinajstić information content (AvgIpc) is 3.08. The highest BCUT2D eigenvalue weighted by molar-refractivity contribution is 5.95. The number of aliphatic carboxylic acids is 1. The van der Waals surface area contributed by atoms with Gasteiger partial charge in [0, 0.05) is 44.1 Å². The predicted octanol–water partition coefficient (Wildman–Crippen LogP) is 1.75. The molecule has 1 aromatic carbocycles. The molecule has 2 aliphatic heterocycles. The Kier molecular flexibility index (Phi) is 4.16. The third-order valence-electron chi connectivity index (χ3n) is 6.25. The molecule has 8 heteroatoms. The lowest BCUT2D eigenvalue weighted by Gasteiger charge is -2.31. The van der Waals surface area contributed by atoms with Gasteiger partial charge in [-0.05, 0) is 25.0 Å². The van der Waals surface area contributed by atoms with Crippen molar-refractivity contribution in [2.45, 2.75) is 19.3 Å². The van der Waals surface area contributed by atoms with Crippen LogP contribution in [-0.2, 0) is 9.59 Å². The number of halogens is 2. The molecule has 27 heavy (non-hydrogen) atoms. The van der Waals surface area contributed by atoms with E-state index in [4.69, 9.17) is 0 Å². The third-order valence-corrected chi connectivity index (χ3v) is 6.25. The van der Waals surface area contributed by atoms with Crippen molar-refractivity contribution in [1.82, 2.24) is 9.80 Å². The standard InChI is InChI=1S/C19H20F2N2O4/c20-13-4-5-14(15(21)6-13)17(25)23-8-12-7-22(16(24)11-2-1-3-11)9-19(12,10-23)18(26)27/h4-6,11-12H,1-3,7-10H2,(H,26,27)/t12-,19-/m0/s1. The number of carbonyl (C=O) groups excluding carboxylic acids is 2. The Hall–Kier alpha value is -2.51. The molecule has 0 spiro atoms. The Morgan fingerprint density at radius 2 is 1.74 bits per heavy atom. The minimum atomic E-state index is -1.23. The fraction of sp³-hybridized carbons (Fsp3) is 0.526. The molecule has 0 bridgehead atoms. The molecule has 1 N–H and O–H groups in total. The number of benzene rings is 1. The van der Waals surface area contributed by atoms with E-state index in [1.165, 1.54) is 4.90 Å². The second kappa shape index (κ2) is 6.28. The second-order valence-electron chi connectivity index (χ2n) is 7.81. The quantitative estimate of drug-likeness (QED) is 0.869. The summed E-state index contributed by atoms with van der Waals surface area (Å²) in [5, 5.41) is 9.85. The molecule has 2 amide bonds. The van der Waals surface area contributed by atoms with E-state index in [0.717, 1.165) is 31.4 Å². The normalized spacial score (nSPS) is 27.4. The van der Waals surface area contributed by atoms with Crippen molar-refractivity contribution < 1.29 is 28.3 Å². The van der Waals surface area contributed by atoms with Gasteiger partial charge in [0.15, 0.2) is 0 Å². The van der Waals surface area contributed by atoms with E-state index in [-0.39, 0.29) is 43.6 Å². The highest BCUT2D eigenvalue weighted by atomic mass is 19.1. The number of hydrogen-bond donors (Lipinski definition) is 1. The monoisotopic (exact) mass is 378 g/mol. The maximum absolute atomic E-state index is 13.9. The number of carbonyl (C=O) groups is 3. The van der Waals surface area contributed by atoms with Gasteiger partial charge in [0.2, 0.25) is 5.91 Å². The van der Waals surface area contributed by atoms with E-state index in [1.807, 2.05) is 0 Å². The van der Waals surface area contributed by atoms with Crippen LogP contribution in [0.2, 0.25) is 0 Å². The maximum Gasteiger partial charge on any atom is 0.313 e. The Morgan fingerprint density at radius 3 is 2.30 bits per heavy atom. The second-order valence-corrected chi connectivity index (χ2v) is 7.81. The molecule has 0 aromatic heterocycles. The molecule has 144 valence electrons. The number of rotatable bonds is 3. The average molecular weight is 378 g/mol. The fourth-order valence-electron chi connectivity index (χ4n) is 4.44. The fourth-order valence-corrected chi connectivity index (χ4v) is 4.44. The summed E-state index contributed by atoms with van der Waals surface area (Å²) >= 11 is 0. The van der Waals surface area contributed by atoms with Gasteiger partial charge in [0.25, 0.3) is 5.91 Å². The zero-order valence-corrected chi connectivity index (χ0v) is 14.7. The van der Waals surface area contributed by atoms with Gasteiger partial charge in [-0.2, -0.15) is 0 Å². The molecule has 1 aliphatic carbocycles. The summed E-state index contributed by atoms with van der Waals surface area (Å²) in [5.74, 6) is -3.87. The Labute approximate surface area is 154 Å². The van der Waals surface area contributed by atoms with Gasteiger partial charge < -0.3 is 14.9 Å². The van der Waals surface area contributed by atoms with Gasteiger partial charge in [0.1, 0.15) is 17.0 Å². The zero-order valence-electron chi connectivity index (χ0n) is 14.7. The van der Waals surface area contributed by atoms with Gasteiger partial charge in [-0.1, -0.05) is 6.42 Å².